The van der Waals surface area contributed by atoms with Crippen LogP contribution in [0.25, 0.3) is 0 Å². The van der Waals surface area contributed by atoms with E-state index in [2.05, 4.69) is 11.1 Å². The molecule has 1 aliphatic heterocycles. The van der Waals surface area contributed by atoms with Crippen LogP contribution in [0.4, 0.5) is 10.2 Å². The molecule has 1 aromatic carbocycles. The minimum absolute atomic E-state index is 0.183. The molecule has 0 radical (unpaired) electrons. The molecule has 106 valence electrons. The smallest absolute Gasteiger partial charge is 0.147 e. The summed E-state index contributed by atoms with van der Waals surface area (Å²) in [4.78, 5) is 6.14. The first-order valence-corrected chi connectivity index (χ1v) is 6.74. The highest BCUT2D eigenvalue weighted by molar-refractivity contribution is 5.56. The number of nitrogens with zero attached hydrogens (tertiary/aromatic N) is 3. The molecule has 0 spiro atoms. The molecule has 3 rings (SSSR count). The first-order chi connectivity index (χ1) is 10.2. The zero-order valence-electron chi connectivity index (χ0n) is 11.3. The van der Waals surface area contributed by atoms with Crippen molar-refractivity contribution in [1.82, 2.24) is 4.98 Å². The third-order valence-electron chi connectivity index (χ3n) is 3.69. The van der Waals surface area contributed by atoms with Gasteiger partial charge in [0.1, 0.15) is 17.7 Å². The molecule has 2 unspecified atom stereocenters. The van der Waals surface area contributed by atoms with Gasteiger partial charge in [0.25, 0.3) is 0 Å². The minimum Gasteiger partial charge on any atom is -0.391 e. The quantitative estimate of drug-likeness (QED) is 0.919. The number of aliphatic hydroxyl groups is 1. The summed E-state index contributed by atoms with van der Waals surface area (Å²) in [6, 6.07) is 11.6. The number of benzene rings is 1. The number of anilines is 1. The lowest BCUT2D eigenvalue weighted by molar-refractivity contribution is 0.194. The summed E-state index contributed by atoms with van der Waals surface area (Å²) in [7, 11) is 0. The molecule has 0 bridgehead atoms. The van der Waals surface area contributed by atoms with Gasteiger partial charge < -0.3 is 10.0 Å². The molecule has 0 saturated carbocycles. The van der Waals surface area contributed by atoms with Crippen molar-refractivity contribution in [3.63, 3.8) is 0 Å². The average Bonchev–Trinajstić information content (AvgIpc) is 2.89. The number of pyridine rings is 1. The summed E-state index contributed by atoms with van der Waals surface area (Å²) >= 11 is 0. The van der Waals surface area contributed by atoms with Gasteiger partial charge in [0, 0.05) is 12.7 Å². The maximum Gasteiger partial charge on any atom is 0.147 e. The topological polar surface area (TPSA) is 60.2 Å². The van der Waals surface area contributed by atoms with Gasteiger partial charge in [-0.25, -0.2) is 9.37 Å². The standard InChI is InChI=1S/C16H14FN3O/c17-13-5-1-3-11(7-13)15-8-14(21)10-20(15)16-12(9-18)4-2-6-19-16/h1-7,14-15,21H,8,10H2. The van der Waals surface area contributed by atoms with E-state index in [1.165, 1.54) is 12.1 Å². The number of aromatic nitrogens is 1. The fourth-order valence-corrected chi connectivity index (χ4v) is 2.79. The Morgan fingerprint density at radius 1 is 1.33 bits per heavy atom. The molecule has 5 heteroatoms. The molecule has 2 aromatic rings. The summed E-state index contributed by atoms with van der Waals surface area (Å²) in [5, 5.41) is 19.2. The molecule has 4 nitrogen and oxygen atoms in total. The van der Waals surface area contributed by atoms with Crippen molar-refractivity contribution in [1.29, 1.82) is 5.26 Å². The van der Waals surface area contributed by atoms with Gasteiger partial charge in [-0.05, 0) is 36.2 Å². The van der Waals surface area contributed by atoms with Gasteiger partial charge in [-0.15, -0.1) is 0 Å². The third-order valence-corrected chi connectivity index (χ3v) is 3.69. The van der Waals surface area contributed by atoms with Gasteiger partial charge in [0.2, 0.25) is 0 Å². The highest BCUT2D eigenvalue weighted by Crippen LogP contribution is 2.36. The molecular formula is C16H14FN3O. The maximum absolute atomic E-state index is 13.4. The number of aliphatic hydroxyl groups excluding tert-OH is 1. The van der Waals surface area contributed by atoms with Gasteiger partial charge in [-0.1, -0.05) is 12.1 Å². The van der Waals surface area contributed by atoms with Crippen LogP contribution in [-0.2, 0) is 0 Å². The maximum atomic E-state index is 13.4. The number of β-amino-alcohol motifs (C(OH)–C–C–N with tert-alkyl or cyclic N) is 1. The summed E-state index contributed by atoms with van der Waals surface area (Å²) in [6.07, 6.45) is 1.58. The molecule has 1 aliphatic rings. The minimum atomic E-state index is -0.521. The zero-order chi connectivity index (χ0) is 14.8. The van der Waals surface area contributed by atoms with Crippen molar-refractivity contribution in [3.8, 4) is 6.07 Å². The molecule has 1 aromatic heterocycles. The first kappa shape index (κ1) is 13.5. The number of halogens is 1. The number of hydrogen-bond acceptors (Lipinski definition) is 4. The Morgan fingerprint density at radius 2 is 2.19 bits per heavy atom. The highest BCUT2D eigenvalue weighted by atomic mass is 19.1. The van der Waals surface area contributed by atoms with Crippen LogP contribution in [0.3, 0.4) is 0 Å². The van der Waals surface area contributed by atoms with Crippen LogP contribution in [0.5, 0.6) is 0 Å². The van der Waals surface area contributed by atoms with E-state index in [9.17, 15) is 14.8 Å². The molecule has 2 atom stereocenters. The number of nitriles is 1. The van der Waals surface area contributed by atoms with Crippen LogP contribution < -0.4 is 4.90 Å². The van der Waals surface area contributed by atoms with E-state index in [1.54, 1.807) is 24.4 Å². The molecule has 0 amide bonds. The second kappa shape index (κ2) is 5.51. The van der Waals surface area contributed by atoms with Crippen molar-refractivity contribution < 1.29 is 9.50 Å². The lowest BCUT2D eigenvalue weighted by Crippen LogP contribution is -2.26. The van der Waals surface area contributed by atoms with Gasteiger partial charge in [-0.3, -0.25) is 0 Å². The molecule has 21 heavy (non-hydrogen) atoms. The predicted octanol–water partition coefficient (Wildman–Crippen LogP) is 2.40. The predicted molar refractivity (Wildman–Crippen MR) is 76.1 cm³/mol. The Labute approximate surface area is 122 Å². The Kier molecular flexibility index (Phi) is 3.55. The summed E-state index contributed by atoms with van der Waals surface area (Å²) in [5.74, 6) is 0.223. The number of rotatable bonds is 2. The van der Waals surface area contributed by atoms with Gasteiger partial charge in [0.05, 0.1) is 17.7 Å². The highest BCUT2D eigenvalue weighted by Gasteiger charge is 2.34. The largest absolute Gasteiger partial charge is 0.391 e. The van der Waals surface area contributed by atoms with Crippen LogP contribution in [0.1, 0.15) is 23.6 Å². The summed E-state index contributed by atoms with van der Waals surface area (Å²) in [5.41, 5.74) is 1.23. The van der Waals surface area contributed by atoms with E-state index in [0.29, 0.717) is 24.3 Å². The van der Waals surface area contributed by atoms with E-state index < -0.39 is 6.10 Å². The van der Waals surface area contributed by atoms with Crippen molar-refractivity contribution in [2.45, 2.75) is 18.6 Å². The normalized spacial score (nSPS) is 21.3. The van der Waals surface area contributed by atoms with Crippen LogP contribution in [0.15, 0.2) is 42.6 Å². The Hall–Kier alpha value is -2.45. The molecule has 2 heterocycles. The lowest BCUT2D eigenvalue weighted by Gasteiger charge is -2.26. The average molecular weight is 283 g/mol. The Balaban J connectivity index is 2.02. The Bertz CT molecular complexity index is 698. The van der Waals surface area contributed by atoms with E-state index in [4.69, 9.17) is 0 Å². The van der Waals surface area contributed by atoms with Gasteiger partial charge in [0.15, 0.2) is 0 Å². The van der Waals surface area contributed by atoms with E-state index in [-0.39, 0.29) is 11.9 Å². The van der Waals surface area contributed by atoms with Crippen LogP contribution >= 0.6 is 0 Å². The van der Waals surface area contributed by atoms with Gasteiger partial charge in [-0.2, -0.15) is 5.26 Å². The third kappa shape index (κ3) is 2.58. The molecule has 1 saturated heterocycles. The summed E-state index contributed by atoms with van der Waals surface area (Å²) in [6.45, 7) is 0.382. The molecular weight excluding hydrogens is 269 g/mol. The van der Waals surface area contributed by atoms with Crippen LogP contribution in [0.2, 0.25) is 0 Å². The van der Waals surface area contributed by atoms with E-state index in [0.717, 1.165) is 5.56 Å². The fraction of sp³-hybridized carbons (Fsp3) is 0.250. The van der Waals surface area contributed by atoms with E-state index >= 15 is 0 Å². The van der Waals surface area contributed by atoms with E-state index in [1.807, 2.05) is 11.0 Å². The number of hydrogen-bond donors (Lipinski definition) is 1. The second-order valence-electron chi connectivity index (χ2n) is 5.10. The van der Waals surface area contributed by atoms with Crippen LogP contribution in [-0.4, -0.2) is 22.7 Å². The molecule has 1 N–H and O–H groups in total. The van der Waals surface area contributed by atoms with Crippen molar-refractivity contribution in [3.05, 3.63) is 59.5 Å². The fourth-order valence-electron chi connectivity index (χ4n) is 2.79. The first-order valence-electron chi connectivity index (χ1n) is 6.74. The SMILES string of the molecule is N#Cc1cccnc1N1CC(O)CC1c1cccc(F)c1. The lowest BCUT2D eigenvalue weighted by atomic mass is 10.0. The van der Waals surface area contributed by atoms with Gasteiger partial charge >= 0.3 is 0 Å². The molecule has 1 fully saturated rings. The van der Waals surface area contributed by atoms with Crippen molar-refractivity contribution in [2.24, 2.45) is 0 Å². The second-order valence-corrected chi connectivity index (χ2v) is 5.10. The summed E-state index contributed by atoms with van der Waals surface area (Å²) < 4.78 is 13.4. The Morgan fingerprint density at radius 3 is 2.95 bits per heavy atom. The van der Waals surface area contributed by atoms with Crippen molar-refractivity contribution in [2.75, 3.05) is 11.4 Å². The molecule has 0 aliphatic carbocycles. The van der Waals surface area contributed by atoms with Crippen molar-refractivity contribution >= 4 is 5.82 Å². The van der Waals surface area contributed by atoms with Crippen LogP contribution in [0, 0.1) is 17.1 Å². The monoisotopic (exact) mass is 283 g/mol. The zero-order valence-corrected chi connectivity index (χ0v) is 11.3.